The van der Waals surface area contributed by atoms with Gasteiger partial charge in [-0.3, -0.25) is 4.90 Å². The van der Waals surface area contributed by atoms with E-state index in [1.807, 2.05) is 18.2 Å². The summed E-state index contributed by atoms with van der Waals surface area (Å²) in [6.07, 6.45) is 5.65. The molecule has 0 saturated heterocycles. The van der Waals surface area contributed by atoms with Gasteiger partial charge in [-0.1, -0.05) is 18.2 Å². The summed E-state index contributed by atoms with van der Waals surface area (Å²) in [6.45, 7) is 13.7. The zero-order chi connectivity index (χ0) is 7.82. The molecule has 1 heteroatoms. The second kappa shape index (κ2) is 6.30. The van der Waals surface area contributed by atoms with E-state index in [2.05, 4.69) is 24.6 Å². The molecule has 0 radical (unpaired) electrons. The monoisotopic (exact) mass is 141 g/mol. The third kappa shape index (κ3) is 4.10. The second-order valence-electron chi connectivity index (χ2n) is 2.08. The summed E-state index contributed by atoms with van der Waals surface area (Å²) in [7, 11) is 0. The van der Waals surface area contributed by atoms with Gasteiger partial charge >= 0.3 is 0 Å². The van der Waals surface area contributed by atoms with Crippen LogP contribution in [0, 0.1) is 0 Å². The first kappa shape index (κ1) is 9.18. The lowest BCUT2D eigenvalue weighted by Crippen LogP contribution is -2.23. The molecule has 0 unspecified atom stereocenters. The molecule has 10 heavy (non-hydrogen) atoms. The molecule has 0 aromatic carbocycles. The van der Waals surface area contributed by atoms with Gasteiger partial charge in [0.25, 0.3) is 0 Å². The van der Waals surface area contributed by atoms with E-state index < -0.39 is 0 Å². The summed E-state index contributed by atoms with van der Waals surface area (Å²) in [6, 6.07) is 0. The molecule has 0 N–H and O–H groups in total. The summed E-state index contributed by atoms with van der Waals surface area (Å²) in [5.74, 6) is 0. The van der Waals surface area contributed by atoms with Gasteiger partial charge in [0, 0.05) is 19.6 Å². The Morgan fingerprint density at radius 2 is 1.60 bits per heavy atom. The van der Waals surface area contributed by atoms with Gasteiger partial charge < -0.3 is 0 Å². The van der Waals surface area contributed by atoms with E-state index >= 15 is 0 Å². The Labute approximate surface area is 63.3 Å². The number of nitrogens with zero attached hydrogens (tertiary/aromatic N) is 1. The van der Waals surface area contributed by atoms with Gasteiger partial charge in [0.2, 0.25) is 0 Å². The third-order valence-electron chi connectivity index (χ3n) is 1.16. The van der Waals surface area contributed by atoms with Crippen LogP contribution in [-0.4, -0.2) is 24.5 Å². The van der Waals surface area contributed by atoms with Crippen LogP contribution in [-0.2, 0) is 0 Å². The van der Waals surface area contributed by atoms with Crippen molar-refractivity contribution in [1.29, 1.82) is 0 Å². The largest absolute Gasteiger partial charge is 0.292 e. The molecule has 0 aromatic rings. The standard InChI is InChI=1S/C9H15N/c1-4-7-10(8-5-2)9-6-3/h4-6H,1-3,7-9H2/i7+2,8+2. The molecule has 0 heterocycles. The van der Waals surface area contributed by atoms with Crippen LogP contribution in [0.15, 0.2) is 38.0 Å². The van der Waals surface area contributed by atoms with Crippen molar-refractivity contribution in [1.82, 2.24) is 4.90 Å². The third-order valence-corrected chi connectivity index (χ3v) is 1.16. The molecular formula is C9H15N. The number of rotatable bonds is 6. The van der Waals surface area contributed by atoms with Crippen molar-refractivity contribution in [3.05, 3.63) is 38.0 Å². The first-order chi connectivity index (χ1) is 4.85. The van der Waals surface area contributed by atoms with Gasteiger partial charge in [-0.25, -0.2) is 0 Å². The summed E-state index contributed by atoms with van der Waals surface area (Å²) in [4.78, 5) is 2.19. The van der Waals surface area contributed by atoms with Gasteiger partial charge in [-0.2, -0.15) is 0 Å². The predicted octanol–water partition coefficient (Wildman–Crippen LogP) is 1.85. The topological polar surface area (TPSA) is 3.24 Å². The number of hydrogen-bond donors (Lipinski definition) is 0. The first-order valence-corrected chi connectivity index (χ1v) is 3.40. The van der Waals surface area contributed by atoms with Crippen molar-refractivity contribution in [2.45, 2.75) is 0 Å². The fraction of sp³-hybridized carbons (Fsp3) is 0.333. The Hall–Kier alpha value is -0.820. The highest BCUT2D eigenvalue weighted by atomic mass is 15.7. The van der Waals surface area contributed by atoms with Crippen LogP contribution in [0.3, 0.4) is 0 Å². The lowest BCUT2D eigenvalue weighted by molar-refractivity contribution is 0.373. The van der Waals surface area contributed by atoms with Crippen molar-refractivity contribution in [2.24, 2.45) is 0 Å². The average molecular weight is 141 g/mol. The predicted molar refractivity (Wildman–Crippen MR) is 47.0 cm³/mol. The molecule has 56 valence electrons. The highest BCUT2D eigenvalue weighted by Gasteiger charge is 1.94. The summed E-state index contributed by atoms with van der Waals surface area (Å²) >= 11 is 0. The average Bonchev–Trinajstić information content (AvgIpc) is 1.90. The lowest BCUT2D eigenvalue weighted by atomic mass is 10.6. The van der Waals surface area contributed by atoms with Gasteiger partial charge in [-0.05, 0) is 0 Å². The fourth-order valence-corrected chi connectivity index (χ4v) is 0.771. The molecule has 0 amide bonds. The zero-order valence-electron chi connectivity index (χ0n) is 6.42. The maximum absolute atomic E-state index is 3.65. The van der Waals surface area contributed by atoms with Gasteiger partial charge in [0.1, 0.15) is 0 Å². The van der Waals surface area contributed by atoms with Crippen LogP contribution in [0.5, 0.6) is 0 Å². The van der Waals surface area contributed by atoms with Crippen LogP contribution >= 0.6 is 0 Å². The highest BCUT2D eigenvalue weighted by molar-refractivity contribution is 4.83. The van der Waals surface area contributed by atoms with E-state index in [0.29, 0.717) is 0 Å². The van der Waals surface area contributed by atoms with E-state index in [1.54, 1.807) is 0 Å². The Morgan fingerprint density at radius 1 is 1.10 bits per heavy atom. The van der Waals surface area contributed by atoms with E-state index in [0.717, 1.165) is 19.6 Å². The van der Waals surface area contributed by atoms with Gasteiger partial charge in [0.15, 0.2) is 0 Å². The molecular weight excluding hydrogens is 126 g/mol. The van der Waals surface area contributed by atoms with E-state index in [9.17, 15) is 0 Å². The Bertz CT molecular complexity index is 92.1. The normalized spacial score (nSPS) is 9.30. The fourth-order valence-electron chi connectivity index (χ4n) is 0.771. The smallest absolute Gasteiger partial charge is 0.0167 e. The Kier molecular flexibility index (Phi) is 5.79. The van der Waals surface area contributed by atoms with Crippen LogP contribution in [0.2, 0.25) is 0 Å². The van der Waals surface area contributed by atoms with Crippen LogP contribution in [0.1, 0.15) is 0 Å². The summed E-state index contributed by atoms with van der Waals surface area (Å²) < 4.78 is 0. The van der Waals surface area contributed by atoms with Crippen molar-refractivity contribution >= 4 is 0 Å². The van der Waals surface area contributed by atoms with Crippen LogP contribution < -0.4 is 0 Å². The minimum absolute atomic E-state index is 0.901. The van der Waals surface area contributed by atoms with Crippen molar-refractivity contribution in [3.63, 3.8) is 0 Å². The lowest BCUT2D eigenvalue weighted by Gasteiger charge is -2.15. The maximum Gasteiger partial charge on any atom is 0.0167 e. The summed E-state index contributed by atoms with van der Waals surface area (Å²) in [5.41, 5.74) is 0. The zero-order valence-corrected chi connectivity index (χ0v) is 6.42. The molecule has 0 aliphatic heterocycles. The van der Waals surface area contributed by atoms with Gasteiger partial charge in [0.05, 0.1) is 0 Å². The molecule has 0 fully saturated rings. The summed E-state index contributed by atoms with van der Waals surface area (Å²) in [5, 5.41) is 0. The number of hydrogen-bond acceptors (Lipinski definition) is 1. The van der Waals surface area contributed by atoms with Crippen molar-refractivity contribution in [2.75, 3.05) is 19.6 Å². The molecule has 0 aromatic heterocycles. The highest BCUT2D eigenvalue weighted by Crippen LogP contribution is 1.87. The van der Waals surface area contributed by atoms with E-state index in [4.69, 9.17) is 0 Å². The minimum atomic E-state index is 0.901. The maximum atomic E-state index is 3.65. The van der Waals surface area contributed by atoms with Crippen molar-refractivity contribution < 1.29 is 0 Å². The quantitative estimate of drug-likeness (QED) is 0.510. The molecule has 1 nitrogen and oxygen atoms in total. The Balaban J connectivity index is 3.58. The minimum Gasteiger partial charge on any atom is -0.292 e. The molecule has 0 spiro atoms. The molecule has 0 atom stereocenters. The first-order valence-electron chi connectivity index (χ1n) is 3.40. The SMILES string of the molecule is C=CCN([14CH2]C=C)[14CH2]C=C. The van der Waals surface area contributed by atoms with Crippen molar-refractivity contribution in [3.8, 4) is 0 Å². The van der Waals surface area contributed by atoms with Crippen LogP contribution in [0.25, 0.3) is 0 Å². The van der Waals surface area contributed by atoms with E-state index in [-0.39, 0.29) is 0 Å². The molecule has 0 rings (SSSR count). The molecule has 0 aliphatic rings. The molecule has 0 bridgehead atoms. The van der Waals surface area contributed by atoms with Crippen LogP contribution in [0.4, 0.5) is 0 Å². The van der Waals surface area contributed by atoms with E-state index in [1.165, 1.54) is 0 Å². The molecule has 0 aliphatic carbocycles. The van der Waals surface area contributed by atoms with Gasteiger partial charge in [-0.15, -0.1) is 19.7 Å². The molecule has 0 saturated carbocycles. The Morgan fingerprint density at radius 3 is 1.90 bits per heavy atom. The second-order valence-corrected chi connectivity index (χ2v) is 2.08.